The van der Waals surface area contributed by atoms with Crippen molar-refractivity contribution in [2.24, 2.45) is 0 Å². The number of likely N-dealkylation sites (N-methyl/N-ethyl adjacent to an activating group) is 1. The van der Waals surface area contributed by atoms with Gasteiger partial charge in [-0.05, 0) is 25.7 Å². The third-order valence-corrected chi connectivity index (χ3v) is 3.35. The Bertz CT molecular complexity index is 337. The van der Waals surface area contributed by atoms with Crippen molar-refractivity contribution in [3.05, 3.63) is 24.0 Å². The average Bonchev–Trinajstić information content (AvgIpc) is 2.78. The Labute approximate surface area is 104 Å². The molecule has 0 aromatic carbocycles. The molecule has 0 amide bonds. The van der Waals surface area contributed by atoms with Gasteiger partial charge in [0.2, 0.25) is 0 Å². The fraction of sp³-hybridized carbons (Fsp3) is 0.692. The summed E-state index contributed by atoms with van der Waals surface area (Å²) in [4.78, 5) is 2.45. The van der Waals surface area contributed by atoms with Crippen LogP contribution in [0.15, 0.2) is 18.3 Å². The first-order valence-electron chi connectivity index (χ1n) is 6.46. The van der Waals surface area contributed by atoms with Gasteiger partial charge in [0.15, 0.2) is 0 Å². The molecule has 4 nitrogen and oxygen atoms in total. The third-order valence-electron chi connectivity index (χ3n) is 3.35. The normalized spacial score (nSPS) is 21.9. The second kappa shape index (κ2) is 6.19. The fourth-order valence-electron chi connectivity index (χ4n) is 2.37. The van der Waals surface area contributed by atoms with Gasteiger partial charge in [-0.25, -0.2) is 0 Å². The van der Waals surface area contributed by atoms with Crippen molar-refractivity contribution in [3.63, 3.8) is 0 Å². The van der Waals surface area contributed by atoms with Crippen LogP contribution in [0.3, 0.4) is 0 Å². The molecule has 0 radical (unpaired) electrons. The zero-order valence-electron chi connectivity index (χ0n) is 10.9. The lowest BCUT2D eigenvalue weighted by Gasteiger charge is -2.32. The summed E-state index contributed by atoms with van der Waals surface area (Å²) >= 11 is 0. The van der Waals surface area contributed by atoms with Crippen LogP contribution in [0.4, 0.5) is 0 Å². The smallest absolute Gasteiger partial charge is 0.0881 e. The lowest BCUT2D eigenvalue weighted by atomic mass is 10.2. The molecule has 0 saturated carbocycles. The van der Waals surface area contributed by atoms with Crippen LogP contribution in [0.2, 0.25) is 0 Å². The maximum absolute atomic E-state index is 5.83. The van der Waals surface area contributed by atoms with Crippen molar-refractivity contribution in [1.29, 1.82) is 0 Å². The van der Waals surface area contributed by atoms with Crippen molar-refractivity contribution in [2.45, 2.75) is 26.1 Å². The molecular weight excluding hydrogens is 214 g/mol. The number of hydrogen-bond donors (Lipinski definition) is 1. The first-order chi connectivity index (χ1) is 8.33. The number of rotatable bonds is 5. The average molecular weight is 237 g/mol. The molecule has 1 N–H and O–H groups in total. The molecule has 1 aromatic rings. The Balaban J connectivity index is 1.93. The molecule has 96 valence electrons. The molecule has 1 aliphatic heterocycles. The summed E-state index contributed by atoms with van der Waals surface area (Å²) < 4.78 is 8.13. The summed E-state index contributed by atoms with van der Waals surface area (Å²) in [5, 5.41) is 3.20. The molecule has 0 spiro atoms. The van der Waals surface area contributed by atoms with Crippen LogP contribution < -0.4 is 5.32 Å². The predicted molar refractivity (Wildman–Crippen MR) is 69.0 cm³/mol. The minimum Gasteiger partial charge on any atom is -0.374 e. The molecule has 1 aliphatic rings. The van der Waals surface area contributed by atoms with Gasteiger partial charge < -0.3 is 14.6 Å². The van der Waals surface area contributed by atoms with E-state index < -0.39 is 0 Å². The van der Waals surface area contributed by atoms with Crippen LogP contribution in [-0.4, -0.2) is 48.9 Å². The lowest BCUT2D eigenvalue weighted by molar-refractivity contribution is -0.0345. The van der Waals surface area contributed by atoms with Gasteiger partial charge >= 0.3 is 0 Å². The van der Waals surface area contributed by atoms with E-state index in [1.54, 1.807) is 0 Å². The first kappa shape index (κ1) is 12.6. The highest BCUT2D eigenvalue weighted by atomic mass is 16.5. The van der Waals surface area contributed by atoms with E-state index in [1.807, 2.05) is 7.05 Å². The molecule has 0 aliphatic carbocycles. The Morgan fingerprint density at radius 2 is 2.41 bits per heavy atom. The van der Waals surface area contributed by atoms with E-state index in [-0.39, 0.29) is 0 Å². The molecule has 4 heteroatoms. The SMILES string of the molecule is CCN1CCOC(Cn2cccc2CNC)C1. The highest BCUT2D eigenvalue weighted by Crippen LogP contribution is 2.10. The van der Waals surface area contributed by atoms with Crippen LogP contribution in [-0.2, 0) is 17.8 Å². The second-order valence-corrected chi connectivity index (χ2v) is 4.57. The van der Waals surface area contributed by atoms with Gasteiger partial charge in [0, 0.05) is 38.1 Å². The third kappa shape index (κ3) is 3.31. The van der Waals surface area contributed by atoms with Gasteiger partial charge in [0.25, 0.3) is 0 Å². The molecule has 1 atom stereocenters. The van der Waals surface area contributed by atoms with Crippen molar-refractivity contribution in [1.82, 2.24) is 14.8 Å². The molecule has 1 fully saturated rings. The molecule has 1 unspecified atom stereocenters. The minimum atomic E-state index is 0.326. The van der Waals surface area contributed by atoms with Crippen molar-refractivity contribution >= 4 is 0 Å². The molecule has 0 bridgehead atoms. The van der Waals surface area contributed by atoms with Gasteiger partial charge in [-0.3, -0.25) is 4.90 Å². The van der Waals surface area contributed by atoms with Gasteiger partial charge in [-0.2, -0.15) is 0 Å². The largest absolute Gasteiger partial charge is 0.374 e. The number of nitrogens with zero attached hydrogens (tertiary/aromatic N) is 2. The molecule has 1 saturated heterocycles. The predicted octanol–water partition coefficient (Wildman–Crippen LogP) is 0.928. The Kier molecular flexibility index (Phi) is 4.59. The lowest BCUT2D eigenvalue weighted by Crippen LogP contribution is -2.44. The molecule has 1 aromatic heterocycles. The van der Waals surface area contributed by atoms with Crippen LogP contribution in [0.25, 0.3) is 0 Å². The molecule has 2 rings (SSSR count). The zero-order valence-corrected chi connectivity index (χ0v) is 10.9. The Hall–Kier alpha value is -0.840. The van der Waals surface area contributed by atoms with E-state index in [1.165, 1.54) is 5.69 Å². The van der Waals surface area contributed by atoms with Crippen molar-refractivity contribution in [2.75, 3.05) is 33.3 Å². The van der Waals surface area contributed by atoms with E-state index in [9.17, 15) is 0 Å². The van der Waals surface area contributed by atoms with Gasteiger partial charge in [0.1, 0.15) is 0 Å². The van der Waals surface area contributed by atoms with E-state index in [0.29, 0.717) is 6.10 Å². The molecular formula is C13H23N3O. The number of ether oxygens (including phenoxy) is 1. The van der Waals surface area contributed by atoms with Gasteiger partial charge in [-0.15, -0.1) is 0 Å². The van der Waals surface area contributed by atoms with E-state index in [2.05, 4.69) is 40.0 Å². The maximum atomic E-state index is 5.83. The van der Waals surface area contributed by atoms with Crippen LogP contribution in [0, 0.1) is 0 Å². The highest BCUT2D eigenvalue weighted by Gasteiger charge is 2.19. The highest BCUT2D eigenvalue weighted by molar-refractivity contribution is 5.07. The summed E-state index contributed by atoms with van der Waals surface area (Å²) in [5.74, 6) is 0. The maximum Gasteiger partial charge on any atom is 0.0881 e. The Morgan fingerprint density at radius 1 is 1.53 bits per heavy atom. The van der Waals surface area contributed by atoms with Crippen molar-refractivity contribution in [3.8, 4) is 0 Å². The summed E-state index contributed by atoms with van der Waals surface area (Å²) in [6.07, 6.45) is 2.47. The van der Waals surface area contributed by atoms with Crippen molar-refractivity contribution < 1.29 is 4.74 Å². The quantitative estimate of drug-likeness (QED) is 0.826. The summed E-state index contributed by atoms with van der Waals surface area (Å²) in [6, 6.07) is 4.27. The number of aromatic nitrogens is 1. The minimum absolute atomic E-state index is 0.326. The summed E-state index contributed by atoms with van der Waals surface area (Å²) in [6.45, 7) is 8.19. The van der Waals surface area contributed by atoms with Crippen LogP contribution >= 0.6 is 0 Å². The number of nitrogens with one attached hydrogen (secondary N) is 1. The number of hydrogen-bond acceptors (Lipinski definition) is 3. The van der Waals surface area contributed by atoms with Crippen LogP contribution in [0.1, 0.15) is 12.6 Å². The van der Waals surface area contributed by atoms with Gasteiger partial charge in [0.05, 0.1) is 12.7 Å². The fourth-order valence-corrected chi connectivity index (χ4v) is 2.37. The van der Waals surface area contributed by atoms with Gasteiger partial charge in [-0.1, -0.05) is 6.92 Å². The topological polar surface area (TPSA) is 29.4 Å². The van der Waals surface area contributed by atoms with E-state index >= 15 is 0 Å². The summed E-state index contributed by atoms with van der Waals surface area (Å²) in [5.41, 5.74) is 1.32. The number of morpholine rings is 1. The Morgan fingerprint density at radius 3 is 3.18 bits per heavy atom. The monoisotopic (exact) mass is 237 g/mol. The standard InChI is InChI=1S/C13H23N3O/c1-3-15-7-8-17-13(10-15)11-16-6-4-5-12(16)9-14-2/h4-6,13-14H,3,7-11H2,1-2H3. The molecule has 2 heterocycles. The zero-order chi connectivity index (χ0) is 12.1. The van der Waals surface area contributed by atoms with E-state index in [4.69, 9.17) is 4.74 Å². The summed E-state index contributed by atoms with van der Waals surface area (Å²) in [7, 11) is 1.98. The molecule has 17 heavy (non-hydrogen) atoms. The first-order valence-corrected chi connectivity index (χ1v) is 6.46. The second-order valence-electron chi connectivity index (χ2n) is 4.57. The van der Waals surface area contributed by atoms with E-state index in [0.717, 1.165) is 39.3 Å². The van der Waals surface area contributed by atoms with Crippen LogP contribution in [0.5, 0.6) is 0 Å².